The fraction of sp³-hybridized carbons (Fsp3) is 0.649. The number of amides is 3. The van der Waals surface area contributed by atoms with Crippen LogP contribution < -0.4 is 10.6 Å². The van der Waals surface area contributed by atoms with Crippen LogP contribution in [0.5, 0.6) is 5.75 Å². The highest BCUT2D eigenvalue weighted by atomic mass is 32.1. The molecule has 2 heterocycles. The van der Waals surface area contributed by atoms with Gasteiger partial charge in [-0.2, -0.15) is 0 Å². The molecule has 0 saturated carbocycles. The highest BCUT2D eigenvalue weighted by Crippen LogP contribution is 2.35. The number of nitrogens with zero attached hydrogens (tertiary/aromatic N) is 3. The monoisotopic (exact) mass is 729 g/mol. The highest BCUT2D eigenvalue weighted by molar-refractivity contribution is 7.09. The van der Waals surface area contributed by atoms with E-state index in [9.17, 15) is 34.5 Å². The number of carboxylic acid groups (broad SMARTS) is 1. The normalized spacial score (nSPS) is 21.6. The van der Waals surface area contributed by atoms with Crippen LogP contribution in [0.4, 0.5) is 0 Å². The van der Waals surface area contributed by atoms with Gasteiger partial charge in [0.1, 0.15) is 28.6 Å². The number of nitrogens with one attached hydrogen (secondary N) is 2. The summed E-state index contributed by atoms with van der Waals surface area (Å²) in [6.07, 6.45) is 3.06. The molecule has 1 aromatic heterocycles. The minimum Gasteiger partial charge on any atom is -0.508 e. The number of carbonyl (C=O) groups excluding carboxylic acids is 3. The van der Waals surface area contributed by atoms with Gasteiger partial charge in [0, 0.05) is 37.5 Å². The molecule has 2 aromatic rings. The van der Waals surface area contributed by atoms with Crippen LogP contribution in [0.1, 0.15) is 105 Å². The number of aliphatic carboxylic acids is 1. The predicted octanol–water partition coefficient (Wildman–Crippen LogP) is 3.70. The van der Waals surface area contributed by atoms with Crippen molar-refractivity contribution in [3.8, 4) is 5.75 Å². The van der Waals surface area contributed by atoms with E-state index in [1.807, 2.05) is 39.6 Å². The molecular weight excluding hydrogens is 675 g/mol. The Balaban J connectivity index is 1.48. The lowest BCUT2D eigenvalue weighted by Gasteiger charge is -2.39. The average Bonchev–Trinajstić information content (AvgIpc) is 3.60. The van der Waals surface area contributed by atoms with Crippen molar-refractivity contribution in [2.45, 2.75) is 109 Å². The van der Waals surface area contributed by atoms with E-state index in [4.69, 9.17) is 4.74 Å². The van der Waals surface area contributed by atoms with Gasteiger partial charge in [0.25, 0.3) is 5.91 Å². The molecule has 51 heavy (non-hydrogen) atoms. The molecule has 0 bridgehead atoms. The van der Waals surface area contributed by atoms with Crippen LogP contribution in [0.3, 0.4) is 0 Å². The molecule has 4 rings (SSSR count). The Morgan fingerprint density at radius 1 is 1.18 bits per heavy atom. The number of rotatable bonds is 16. The average molecular weight is 730 g/mol. The van der Waals surface area contributed by atoms with E-state index < -0.39 is 42.0 Å². The number of ether oxygens (including phenoxy) is 1. The summed E-state index contributed by atoms with van der Waals surface area (Å²) >= 11 is 1.14. The number of fused-ring (bicyclic) bond motifs is 1. The molecule has 1 saturated heterocycles. The van der Waals surface area contributed by atoms with Crippen LogP contribution in [0.2, 0.25) is 0 Å². The second-order valence-corrected chi connectivity index (χ2v) is 15.3. The minimum atomic E-state index is -1.08. The summed E-state index contributed by atoms with van der Waals surface area (Å²) in [7, 11) is 3.50. The first-order valence-electron chi connectivity index (χ1n) is 18.0. The van der Waals surface area contributed by atoms with Crippen molar-refractivity contribution < 1.29 is 39.2 Å². The molecule has 3 amide bonds. The summed E-state index contributed by atoms with van der Waals surface area (Å²) in [5.41, 5.74) is 1.40. The molecule has 13 nitrogen and oxygen atoms in total. The zero-order chi connectivity index (χ0) is 37.4. The highest BCUT2D eigenvalue weighted by Gasteiger charge is 2.38. The Morgan fingerprint density at radius 3 is 2.57 bits per heavy atom. The van der Waals surface area contributed by atoms with Gasteiger partial charge in [-0.3, -0.25) is 24.1 Å². The lowest BCUT2D eigenvalue weighted by Crippen LogP contribution is -2.59. The van der Waals surface area contributed by atoms with Crippen LogP contribution in [0, 0.1) is 11.8 Å². The number of likely N-dealkylation sites (N-methyl/N-ethyl adjacent to an activating group) is 1. The predicted molar refractivity (Wildman–Crippen MR) is 194 cm³/mol. The first kappa shape index (κ1) is 40.2. The molecule has 1 aliphatic heterocycles. The van der Waals surface area contributed by atoms with Crippen LogP contribution in [-0.2, 0) is 25.5 Å². The third-order valence-electron chi connectivity index (χ3n) is 10.5. The number of piperidine rings is 1. The molecule has 1 fully saturated rings. The van der Waals surface area contributed by atoms with Gasteiger partial charge >= 0.3 is 5.97 Å². The second kappa shape index (κ2) is 18.3. The fourth-order valence-electron chi connectivity index (χ4n) is 7.24. The van der Waals surface area contributed by atoms with E-state index in [1.54, 1.807) is 23.5 Å². The van der Waals surface area contributed by atoms with Crippen LogP contribution in [0.15, 0.2) is 23.6 Å². The number of phenols is 1. The van der Waals surface area contributed by atoms with Gasteiger partial charge in [0.15, 0.2) is 0 Å². The van der Waals surface area contributed by atoms with Gasteiger partial charge in [0.05, 0.1) is 18.6 Å². The molecule has 282 valence electrons. The van der Waals surface area contributed by atoms with Gasteiger partial charge in [-0.25, -0.2) is 4.98 Å². The van der Waals surface area contributed by atoms with Crippen molar-refractivity contribution in [2.75, 3.05) is 33.9 Å². The van der Waals surface area contributed by atoms with Crippen molar-refractivity contribution in [1.82, 2.24) is 25.4 Å². The molecule has 0 radical (unpaired) electrons. The SMILES string of the molecule is CC[C@H](C)[C@H](NC(=O)[C@H]1CCCCN1C)C(=O)N(CCOC)[C@H](C[C@@H](O)c1nc(C(=O)N[C@H]2Cc3ccc(O)cc3[C@H](C(=O)O)C2)cs1)C(C)C. The van der Waals surface area contributed by atoms with E-state index in [1.165, 1.54) is 12.1 Å². The smallest absolute Gasteiger partial charge is 0.311 e. The Kier molecular flexibility index (Phi) is 14.4. The number of likely N-dealkylation sites (tertiary alicyclic amines) is 1. The third kappa shape index (κ3) is 10.1. The maximum atomic E-state index is 14.4. The van der Waals surface area contributed by atoms with Gasteiger partial charge in [-0.15, -0.1) is 11.3 Å². The Morgan fingerprint density at radius 2 is 1.92 bits per heavy atom. The molecule has 0 unspecified atom stereocenters. The maximum absolute atomic E-state index is 14.4. The molecule has 0 spiro atoms. The van der Waals surface area contributed by atoms with Crippen molar-refractivity contribution in [1.29, 1.82) is 0 Å². The lowest BCUT2D eigenvalue weighted by atomic mass is 9.80. The Bertz CT molecular complexity index is 1520. The number of carboxylic acids is 1. The van der Waals surface area contributed by atoms with Crippen molar-refractivity contribution >= 4 is 35.0 Å². The van der Waals surface area contributed by atoms with E-state index in [-0.39, 0.29) is 67.1 Å². The van der Waals surface area contributed by atoms with Crippen molar-refractivity contribution in [2.24, 2.45) is 11.8 Å². The zero-order valence-electron chi connectivity index (χ0n) is 30.6. The number of aromatic nitrogens is 1. The molecular formula is C37H55N5O8S. The molecule has 2 aliphatic rings. The van der Waals surface area contributed by atoms with Crippen molar-refractivity contribution in [3.05, 3.63) is 45.4 Å². The second-order valence-electron chi connectivity index (χ2n) is 14.4. The number of thiazole rings is 1. The van der Waals surface area contributed by atoms with Gasteiger partial charge < -0.3 is 35.6 Å². The summed E-state index contributed by atoms with van der Waals surface area (Å²) in [5.74, 6) is -2.96. The van der Waals surface area contributed by atoms with Gasteiger partial charge in [-0.1, -0.05) is 46.6 Å². The maximum Gasteiger partial charge on any atom is 0.311 e. The zero-order valence-corrected chi connectivity index (χ0v) is 31.4. The van der Waals surface area contributed by atoms with E-state index in [2.05, 4.69) is 15.6 Å². The standard InChI is InChI=1S/C37H55N5O8S/c1-7-22(4)32(40-34(46)29-10-8-9-13-41(29)5)36(47)42(14-15-50-6)30(21(2)3)19-31(44)35-39-28(20-51-35)33(45)38-24-16-23-11-12-25(43)18-26(23)27(17-24)37(48)49/h11-12,18,20-22,24,27,29-32,43-44H,7-10,13-17,19H2,1-6H3,(H,38,45)(H,40,46)(H,48,49)/t22-,24-,27+,29+,30+,31+,32-/m0/s1. The number of aliphatic hydroxyl groups is 1. The van der Waals surface area contributed by atoms with Crippen LogP contribution >= 0.6 is 11.3 Å². The number of benzene rings is 1. The summed E-state index contributed by atoms with van der Waals surface area (Å²) < 4.78 is 5.39. The largest absolute Gasteiger partial charge is 0.508 e. The summed E-state index contributed by atoms with van der Waals surface area (Å²) in [6.45, 7) is 9.29. The number of hydrogen-bond acceptors (Lipinski definition) is 10. The number of aliphatic hydroxyl groups excluding tert-OH is 1. The summed E-state index contributed by atoms with van der Waals surface area (Å²) in [5, 5.41) is 39.1. The summed E-state index contributed by atoms with van der Waals surface area (Å²) in [4.78, 5) is 61.4. The first-order valence-corrected chi connectivity index (χ1v) is 18.9. The quantitative estimate of drug-likeness (QED) is 0.171. The number of phenolic OH excluding ortho intramolecular Hbond substituents is 1. The lowest BCUT2D eigenvalue weighted by molar-refractivity contribution is -0.143. The van der Waals surface area contributed by atoms with Gasteiger partial charge in [-0.05, 0) is 74.4 Å². The number of methoxy groups -OCH3 is 1. The molecule has 1 aliphatic carbocycles. The molecule has 7 atom stereocenters. The summed E-state index contributed by atoms with van der Waals surface area (Å²) in [6, 6.07) is 2.71. The molecule has 5 N–H and O–H groups in total. The van der Waals surface area contributed by atoms with Crippen LogP contribution in [-0.4, -0.2) is 112 Å². The fourth-order valence-corrected chi connectivity index (χ4v) is 8.03. The molecule has 1 aromatic carbocycles. The van der Waals surface area contributed by atoms with Crippen molar-refractivity contribution in [3.63, 3.8) is 0 Å². The Labute approximate surface area is 304 Å². The third-order valence-corrected chi connectivity index (χ3v) is 11.4. The minimum absolute atomic E-state index is 0.00766. The van der Waals surface area contributed by atoms with Gasteiger partial charge in [0.2, 0.25) is 11.8 Å². The topological polar surface area (TPSA) is 182 Å². The van der Waals surface area contributed by atoms with E-state index >= 15 is 0 Å². The number of hydrogen-bond donors (Lipinski definition) is 5. The number of aromatic hydroxyl groups is 1. The number of carbonyl (C=O) groups is 4. The van der Waals surface area contributed by atoms with E-state index in [0.29, 0.717) is 23.4 Å². The molecule has 14 heteroatoms. The first-order chi connectivity index (χ1) is 24.2. The van der Waals surface area contributed by atoms with Crippen LogP contribution in [0.25, 0.3) is 0 Å². The van der Waals surface area contributed by atoms with E-state index in [0.717, 1.165) is 42.7 Å². The Hall–Kier alpha value is -3.59.